The summed E-state index contributed by atoms with van der Waals surface area (Å²) in [6, 6.07) is 17.7. The molecule has 3 nitrogen and oxygen atoms in total. The van der Waals surface area contributed by atoms with Crippen LogP contribution in [0.2, 0.25) is 16.6 Å². The molecule has 174 valence electrons. The first kappa shape index (κ1) is 24.9. The lowest BCUT2D eigenvalue weighted by molar-refractivity contribution is 0.0512. The van der Waals surface area contributed by atoms with E-state index >= 15 is 0 Å². The summed E-state index contributed by atoms with van der Waals surface area (Å²) in [4.78, 5) is 0. The first-order valence-electron chi connectivity index (χ1n) is 11.7. The van der Waals surface area contributed by atoms with Crippen molar-refractivity contribution < 1.29 is 14.6 Å². The highest BCUT2D eigenvalue weighted by molar-refractivity contribution is 6.90. The number of rotatable bonds is 7. The van der Waals surface area contributed by atoms with Gasteiger partial charge in [0.15, 0.2) is 6.79 Å². The first-order chi connectivity index (χ1) is 15.7. The van der Waals surface area contributed by atoms with Crippen molar-refractivity contribution in [1.82, 2.24) is 0 Å². The van der Waals surface area contributed by atoms with Gasteiger partial charge in [0.25, 0.3) is 0 Å². The average Bonchev–Trinajstić information content (AvgIpc) is 2.77. The second-order valence-corrected chi connectivity index (χ2v) is 15.2. The molecule has 33 heavy (non-hydrogen) atoms. The molecule has 0 saturated carbocycles. The van der Waals surface area contributed by atoms with Crippen LogP contribution in [0.1, 0.15) is 47.1 Å². The fourth-order valence-electron chi connectivity index (χ4n) is 5.19. The average molecular weight is 461 g/mol. The molecule has 0 aromatic heterocycles. The highest BCUT2D eigenvalue weighted by Crippen LogP contribution is 2.41. The van der Waals surface area contributed by atoms with E-state index in [0.29, 0.717) is 16.6 Å². The van der Waals surface area contributed by atoms with Crippen molar-refractivity contribution >= 4 is 18.8 Å². The number of fused-ring (bicyclic) bond motifs is 1. The molecule has 0 spiro atoms. The third kappa shape index (κ3) is 5.10. The van der Waals surface area contributed by atoms with Gasteiger partial charge in [-0.3, -0.25) is 0 Å². The van der Waals surface area contributed by atoms with Crippen LogP contribution in [-0.4, -0.2) is 27.1 Å². The summed E-state index contributed by atoms with van der Waals surface area (Å²) in [6.07, 6.45) is 0. The van der Waals surface area contributed by atoms with Gasteiger partial charge in [-0.2, -0.15) is 0 Å². The van der Waals surface area contributed by atoms with Crippen molar-refractivity contribution in [3.8, 4) is 34.1 Å². The molecule has 3 rings (SSSR count). The zero-order valence-corrected chi connectivity index (χ0v) is 21.9. The SMILES string of the molecule is COCOc1cc(-c2ccc(O)cc2)c2c(C#C[Si](C(C)C)(C(C)C)C(C)C)cccc2c1. The summed E-state index contributed by atoms with van der Waals surface area (Å²) in [6.45, 7) is 14.2. The Morgan fingerprint density at radius 2 is 1.52 bits per heavy atom. The first-order valence-corrected chi connectivity index (χ1v) is 13.9. The van der Waals surface area contributed by atoms with Gasteiger partial charge in [0, 0.05) is 18.1 Å². The normalized spacial score (nSPS) is 11.8. The van der Waals surface area contributed by atoms with Crippen molar-refractivity contribution in [1.29, 1.82) is 0 Å². The lowest BCUT2D eigenvalue weighted by atomic mass is 9.94. The van der Waals surface area contributed by atoms with Gasteiger partial charge in [-0.05, 0) is 63.5 Å². The number of hydrogen-bond donors (Lipinski definition) is 1. The van der Waals surface area contributed by atoms with E-state index in [-0.39, 0.29) is 12.5 Å². The van der Waals surface area contributed by atoms with Crippen LogP contribution in [0.3, 0.4) is 0 Å². The topological polar surface area (TPSA) is 38.7 Å². The Morgan fingerprint density at radius 3 is 2.09 bits per heavy atom. The van der Waals surface area contributed by atoms with E-state index in [1.165, 1.54) is 0 Å². The van der Waals surface area contributed by atoms with E-state index in [2.05, 4.69) is 71.2 Å². The predicted molar refractivity (Wildman–Crippen MR) is 141 cm³/mol. The van der Waals surface area contributed by atoms with Gasteiger partial charge < -0.3 is 14.6 Å². The van der Waals surface area contributed by atoms with Gasteiger partial charge in [-0.25, -0.2) is 0 Å². The van der Waals surface area contributed by atoms with Gasteiger partial charge in [-0.15, -0.1) is 5.54 Å². The van der Waals surface area contributed by atoms with Crippen molar-refractivity contribution in [2.75, 3.05) is 13.9 Å². The number of phenolic OH excluding ortho intramolecular Hbond substituents is 1. The Bertz CT molecular complexity index is 1130. The van der Waals surface area contributed by atoms with E-state index in [0.717, 1.165) is 33.2 Å². The molecule has 1 N–H and O–H groups in total. The van der Waals surface area contributed by atoms with Crippen molar-refractivity contribution in [3.05, 3.63) is 60.2 Å². The minimum absolute atomic E-state index is 0.186. The van der Waals surface area contributed by atoms with Crippen LogP contribution in [0.4, 0.5) is 0 Å². The van der Waals surface area contributed by atoms with Crippen molar-refractivity contribution in [2.24, 2.45) is 0 Å². The molecule has 0 fully saturated rings. The number of hydrogen-bond acceptors (Lipinski definition) is 3. The number of methoxy groups -OCH3 is 1. The number of aromatic hydroxyl groups is 1. The zero-order chi connectivity index (χ0) is 24.2. The molecule has 3 aromatic rings. The van der Waals surface area contributed by atoms with E-state index < -0.39 is 8.07 Å². The van der Waals surface area contributed by atoms with E-state index in [9.17, 15) is 5.11 Å². The van der Waals surface area contributed by atoms with E-state index in [1.54, 1.807) is 19.2 Å². The molecule has 0 aliphatic carbocycles. The van der Waals surface area contributed by atoms with Crippen molar-refractivity contribution in [2.45, 2.75) is 58.2 Å². The largest absolute Gasteiger partial charge is 0.508 e. The van der Waals surface area contributed by atoms with Crippen LogP contribution in [0.5, 0.6) is 11.5 Å². The molecular weight excluding hydrogens is 424 g/mol. The molecule has 0 unspecified atom stereocenters. The third-order valence-electron chi connectivity index (χ3n) is 6.75. The van der Waals surface area contributed by atoms with Gasteiger partial charge in [0.2, 0.25) is 0 Å². The summed E-state index contributed by atoms with van der Waals surface area (Å²) >= 11 is 0. The van der Waals surface area contributed by atoms with Gasteiger partial charge >= 0.3 is 0 Å². The molecule has 0 heterocycles. The number of phenols is 1. The van der Waals surface area contributed by atoms with Crippen LogP contribution >= 0.6 is 0 Å². The Hall–Kier alpha value is -2.74. The van der Waals surface area contributed by atoms with Gasteiger partial charge in [-0.1, -0.05) is 71.7 Å². The Balaban J connectivity index is 2.28. The standard InChI is InChI=1S/C29H36O3Si/c1-20(2)33(21(3)4,22(5)6)16-15-24-9-8-10-25-17-27(32-19-31-7)18-28(29(24)25)23-11-13-26(30)14-12-23/h8-14,17-18,20-22,30H,19H2,1-7H3. The smallest absolute Gasteiger partial charge is 0.188 e. The second kappa shape index (κ2) is 10.5. The highest BCUT2D eigenvalue weighted by atomic mass is 28.3. The molecule has 0 atom stereocenters. The molecule has 0 aliphatic rings. The Morgan fingerprint density at radius 1 is 0.879 bits per heavy atom. The van der Waals surface area contributed by atoms with Gasteiger partial charge in [0.05, 0.1) is 0 Å². The molecule has 0 aliphatic heterocycles. The second-order valence-electron chi connectivity index (χ2n) is 9.62. The molecule has 4 heteroatoms. The van der Waals surface area contributed by atoms with Crippen LogP contribution < -0.4 is 4.74 Å². The molecular formula is C29H36O3Si. The minimum atomic E-state index is -1.87. The molecule has 0 bridgehead atoms. The van der Waals surface area contributed by atoms with Crippen molar-refractivity contribution in [3.63, 3.8) is 0 Å². The molecule has 0 saturated heterocycles. The lowest BCUT2D eigenvalue weighted by Crippen LogP contribution is -2.43. The Kier molecular flexibility index (Phi) is 7.89. The fraction of sp³-hybridized carbons (Fsp3) is 0.379. The lowest BCUT2D eigenvalue weighted by Gasteiger charge is -2.38. The summed E-state index contributed by atoms with van der Waals surface area (Å²) < 4.78 is 10.9. The Labute approximate surface area is 199 Å². The third-order valence-corrected chi connectivity index (χ3v) is 13.0. The zero-order valence-electron chi connectivity index (χ0n) is 20.9. The number of ether oxygens (including phenoxy) is 2. The maximum atomic E-state index is 9.81. The summed E-state index contributed by atoms with van der Waals surface area (Å²) in [5, 5.41) is 12.0. The maximum absolute atomic E-state index is 9.81. The number of benzene rings is 3. The monoisotopic (exact) mass is 460 g/mol. The molecule has 3 aromatic carbocycles. The van der Waals surface area contributed by atoms with Gasteiger partial charge in [0.1, 0.15) is 19.6 Å². The highest BCUT2D eigenvalue weighted by Gasteiger charge is 2.41. The van der Waals surface area contributed by atoms with E-state index in [1.807, 2.05) is 24.3 Å². The maximum Gasteiger partial charge on any atom is 0.188 e. The summed E-state index contributed by atoms with van der Waals surface area (Å²) in [5.41, 5.74) is 8.68. The molecule has 0 radical (unpaired) electrons. The summed E-state index contributed by atoms with van der Waals surface area (Å²) in [5.74, 6) is 4.64. The van der Waals surface area contributed by atoms with Crippen LogP contribution in [0, 0.1) is 11.5 Å². The molecule has 0 amide bonds. The van der Waals surface area contributed by atoms with Crippen LogP contribution in [-0.2, 0) is 4.74 Å². The summed E-state index contributed by atoms with van der Waals surface area (Å²) in [7, 11) is -0.251. The fourth-order valence-corrected chi connectivity index (χ4v) is 10.4. The van der Waals surface area contributed by atoms with E-state index in [4.69, 9.17) is 9.47 Å². The quantitative estimate of drug-likeness (QED) is 0.222. The van der Waals surface area contributed by atoms with Crippen LogP contribution in [0.15, 0.2) is 54.6 Å². The minimum Gasteiger partial charge on any atom is -0.508 e. The predicted octanol–water partition coefficient (Wildman–Crippen LogP) is 7.76. The van der Waals surface area contributed by atoms with Crippen LogP contribution in [0.25, 0.3) is 21.9 Å².